The molecule has 3 N–H and O–H groups in total. The highest BCUT2D eigenvalue weighted by atomic mass is 16.5. The molecule has 1 aliphatic rings. The highest BCUT2D eigenvalue weighted by molar-refractivity contribution is 6.08. The number of methoxy groups -OCH3 is 1. The lowest BCUT2D eigenvalue weighted by Crippen LogP contribution is -2.24. The zero-order chi connectivity index (χ0) is 20.3. The Labute approximate surface area is 163 Å². The molecule has 0 aromatic carbocycles. The van der Waals surface area contributed by atoms with Gasteiger partial charge in [-0.15, -0.1) is 0 Å². The molecule has 1 amide bonds. The largest absolute Gasteiger partial charge is 0.480 e. The Hall–Kier alpha value is -3.42. The number of rotatable bonds is 6. The van der Waals surface area contributed by atoms with Crippen molar-refractivity contribution in [1.29, 1.82) is 5.41 Å². The summed E-state index contributed by atoms with van der Waals surface area (Å²) in [5.41, 5.74) is 1.97. The van der Waals surface area contributed by atoms with Crippen molar-refractivity contribution in [2.45, 2.75) is 25.9 Å². The maximum absolute atomic E-state index is 12.8. The third-order valence-corrected chi connectivity index (χ3v) is 4.20. The number of hydrogen-bond acceptors (Lipinski definition) is 7. The van der Waals surface area contributed by atoms with Crippen LogP contribution in [0.4, 0.5) is 5.82 Å². The molecular weight excluding hydrogens is 358 g/mol. The Morgan fingerprint density at radius 3 is 2.82 bits per heavy atom. The van der Waals surface area contributed by atoms with Crippen molar-refractivity contribution in [2.24, 2.45) is 0 Å². The Kier molecular flexibility index (Phi) is 5.30. The fourth-order valence-electron chi connectivity index (χ4n) is 3.01. The normalized spacial score (nSPS) is 14.6. The molecule has 3 rings (SSSR count). The van der Waals surface area contributed by atoms with Crippen LogP contribution in [-0.4, -0.2) is 41.8 Å². The Morgan fingerprint density at radius 2 is 2.14 bits per heavy atom. The molecule has 0 unspecified atom stereocenters. The van der Waals surface area contributed by atoms with Gasteiger partial charge in [0.05, 0.1) is 12.8 Å². The van der Waals surface area contributed by atoms with Gasteiger partial charge in [0.2, 0.25) is 11.8 Å². The fraction of sp³-hybridized carbons (Fsp3) is 0.300. The third-order valence-electron chi connectivity index (χ3n) is 4.20. The third kappa shape index (κ3) is 3.95. The first-order valence-corrected chi connectivity index (χ1v) is 8.80. The molecule has 0 radical (unpaired) electrons. The van der Waals surface area contributed by atoms with E-state index in [1.807, 2.05) is 13.8 Å². The Balaban J connectivity index is 1.88. The minimum absolute atomic E-state index is 0.195. The van der Waals surface area contributed by atoms with Crippen LogP contribution in [0.1, 0.15) is 35.5 Å². The van der Waals surface area contributed by atoms with E-state index >= 15 is 0 Å². The molecule has 8 heteroatoms. The van der Waals surface area contributed by atoms with E-state index in [2.05, 4.69) is 20.6 Å². The summed E-state index contributed by atoms with van der Waals surface area (Å²) in [6.45, 7) is 3.94. The molecule has 0 saturated heterocycles. The van der Waals surface area contributed by atoms with Crippen LogP contribution >= 0.6 is 0 Å². The highest BCUT2D eigenvalue weighted by Crippen LogP contribution is 2.36. The number of allylic oxidation sites excluding steroid dienone is 1. The monoisotopic (exact) mass is 381 g/mol. The summed E-state index contributed by atoms with van der Waals surface area (Å²) in [6, 6.07) is 6.96. The lowest BCUT2D eigenvalue weighted by molar-refractivity contribution is 0.102. The predicted molar refractivity (Wildman–Crippen MR) is 107 cm³/mol. The summed E-state index contributed by atoms with van der Waals surface area (Å²) < 4.78 is 11.1. The van der Waals surface area contributed by atoms with Crippen LogP contribution in [0.2, 0.25) is 0 Å². The van der Waals surface area contributed by atoms with Gasteiger partial charge < -0.3 is 25.5 Å². The average Bonchev–Trinajstić information content (AvgIpc) is 2.97. The lowest BCUT2D eigenvalue weighted by atomic mass is 10.0. The number of pyridine rings is 2. The Bertz CT molecular complexity index is 953. The molecule has 0 atom stereocenters. The molecule has 2 aromatic heterocycles. The van der Waals surface area contributed by atoms with Gasteiger partial charge >= 0.3 is 0 Å². The molecule has 8 nitrogen and oxygen atoms in total. The zero-order valence-corrected chi connectivity index (χ0v) is 16.3. The van der Waals surface area contributed by atoms with Crippen molar-refractivity contribution in [3.8, 4) is 11.8 Å². The number of carbonyl (C=O) groups excluding carboxylic acids is 1. The van der Waals surface area contributed by atoms with Crippen LogP contribution in [0.3, 0.4) is 0 Å². The van der Waals surface area contributed by atoms with Crippen LogP contribution in [0.5, 0.6) is 11.8 Å². The number of fused-ring (bicyclic) bond motifs is 1. The van der Waals surface area contributed by atoms with Crippen LogP contribution < -0.4 is 20.1 Å². The fourth-order valence-corrected chi connectivity index (χ4v) is 3.01. The number of amides is 1. The SMILES string of the molecule is CN/C=C(\C=N)c1cccc(NC(=O)c2cc3c(nc2OC)OC(C)(C)C3)n1. The van der Waals surface area contributed by atoms with Crippen LogP contribution in [0.15, 0.2) is 30.5 Å². The number of ether oxygens (including phenoxy) is 2. The van der Waals surface area contributed by atoms with Gasteiger partial charge in [0.25, 0.3) is 5.91 Å². The van der Waals surface area contributed by atoms with E-state index < -0.39 is 0 Å². The van der Waals surface area contributed by atoms with E-state index in [9.17, 15) is 4.79 Å². The first-order chi connectivity index (χ1) is 13.4. The minimum Gasteiger partial charge on any atom is -0.480 e. The van der Waals surface area contributed by atoms with Crippen molar-refractivity contribution in [2.75, 3.05) is 19.5 Å². The van der Waals surface area contributed by atoms with Gasteiger partial charge in [-0.3, -0.25) is 4.79 Å². The summed E-state index contributed by atoms with van der Waals surface area (Å²) in [6.07, 6.45) is 3.51. The van der Waals surface area contributed by atoms with Crippen molar-refractivity contribution in [3.05, 3.63) is 47.3 Å². The average molecular weight is 381 g/mol. The van der Waals surface area contributed by atoms with Gasteiger partial charge in [0.1, 0.15) is 17.0 Å². The number of nitrogens with zero attached hydrogens (tertiary/aromatic N) is 2. The van der Waals surface area contributed by atoms with Crippen molar-refractivity contribution in [1.82, 2.24) is 15.3 Å². The molecule has 0 fully saturated rings. The van der Waals surface area contributed by atoms with Gasteiger partial charge in [-0.2, -0.15) is 4.98 Å². The molecule has 0 bridgehead atoms. The van der Waals surface area contributed by atoms with Crippen molar-refractivity contribution >= 4 is 23.5 Å². The zero-order valence-electron chi connectivity index (χ0n) is 16.3. The minimum atomic E-state index is -0.379. The second-order valence-corrected chi connectivity index (χ2v) is 6.94. The van der Waals surface area contributed by atoms with E-state index in [1.54, 1.807) is 37.5 Å². The molecule has 28 heavy (non-hydrogen) atoms. The summed E-state index contributed by atoms with van der Waals surface area (Å²) in [4.78, 5) is 21.6. The molecule has 2 aromatic rings. The Morgan fingerprint density at radius 1 is 1.36 bits per heavy atom. The maximum atomic E-state index is 12.8. The van der Waals surface area contributed by atoms with Crippen molar-refractivity contribution < 1.29 is 14.3 Å². The molecular formula is C20H23N5O3. The second kappa shape index (κ2) is 7.67. The quantitative estimate of drug-likeness (QED) is 0.664. The van der Waals surface area contributed by atoms with E-state index in [4.69, 9.17) is 14.9 Å². The van der Waals surface area contributed by atoms with Gasteiger partial charge in [-0.05, 0) is 32.0 Å². The van der Waals surface area contributed by atoms with E-state index in [0.717, 1.165) is 5.56 Å². The standard InChI is InChI=1S/C20H23N5O3/c1-20(2)9-12-8-14(19(27-4)25-18(12)28-20)17(26)24-16-7-5-6-15(23-16)13(10-21)11-22-3/h5-8,10-11,21-22H,9H2,1-4H3,(H,23,24,26)/b13-11+,21-10?. The van der Waals surface area contributed by atoms with Crippen LogP contribution in [0, 0.1) is 5.41 Å². The molecule has 3 heterocycles. The molecule has 0 saturated carbocycles. The predicted octanol–water partition coefficient (Wildman–Crippen LogP) is 2.66. The van der Waals surface area contributed by atoms with Gasteiger partial charge in [-0.25, -0.2) is 4.98 Å². The van der Waals surface area contributed by atoms with E-state index in [1.165, 1.54) is 13.3 Å². The second-order valence-electron chi connectivity index (χ2n) is 6.94. The first kappa shape index (κ1) is 19.3. The van der Waals surface area contributed by atoms with E-state index in [-0.39, 0.29) is 17.4 Å². The van der Waals surface area contributed by atoms with Gasteiger partial charge in [0, 0.05) is 37.0 Å². The summed E-state index contributed by atoms with van der Waals surface area (Å²) in [7, 11) is 3.20. The van der Waals surface area contributed by atoms with Crippen LogP contribution in [0.25, 0.3) is 5.57 Å². The summed E-state index contributed by atoms with van der Waals surface area (Å²) in [5.74, 6) is 0.674. The van der Waals surface area contributed by atoms with Gasteiger partial charge in [0.15, 0.2) is 0 Å². The molecule has 0 spiro atoms. The molecule has 1 aliphatic heterocycles. The number of anilines is 1. The number of carbonyl (C=O) groups is 1. The summed E-state index contributed by atoms with van der Waals surface area (Å²) >= 11 is 0. The first-order valence-electron chi connectivity index (χ1n) is 8.80. The lowest BCUT2D eigenvalue weighted by Gasteiger charge is -2.16. The van der Waals surface area contributed by atoms with Crippen LogP contribution in [-0.2, 0) is 6.42 Å². The number of nitrogens with one attached hydrogen (secondary N) is 3. The molecule has 0 aliphatic carbocycles. The van der Waals surface area contributed by atoms with E-state index in [0.29, 0.717) is 34.9 Å². The highest BCUT2D eigenvalue weighted by Gasteiger charge is 2.33. The summed E-state index contributed by atoms with van der Waals surface area (Å²) in [5, 5.41) is 13.2. The van der Waals surface area contributed by atoms with Crippen molar-refractivity contribution in [3.63, 3.8) is 0 Å². The topological polar surface area (TPSA) is 109 Å². The maximum Gasteiger partial charge on any atom is 0.262 e. The van der Waals surface area contributed by atoms with Gasteiger partial charge in [-0.1, -0.05) is 6.07 Å². The number of aromatic nitrogens is 2. The molecule has 146 valence electrons. The smallest absolute Gasteiger partial charge is 0.262 e. The number of hydrogen-bond donors (Lipinski definition) is 3.